The Kier molecular flexibility index (Phi) is 32.2. The van der Waals surface area contributed by atoms with Gasteiger partial charge in [0.2, 0.25) is 0 Å². The molecule has 0 saturated carbocycles. The molecule has 0 spiro atoms. The zero-order chi connectivity index (χ0) is 52.8. The molecule has 72 heavy (non-hydrogen) atoms. The minimum Gasteiger partial charge on any atom is -0.494 e. The summed E-state index contributed by atoms with van der Waals surface area (Å²) in [5.74, 6) is 6.66. The van der Waals surface area contributed by atoms with Gasteiger partial charge in [-0.1, -0.05) is 253 Å². The van der Waals surface area contributed by atoms with Crippen molar-refractivity contribution in [1.29, 1.82) is 0 Å². The second-order valence-electron chi connectivity index (χ2n) is 21.9. The molecule has 3 heteroatoms. The van der Waals surface area contributed by atoms with Crippen LogP contribution in [0.4, 0.5) is 0 Å². The van der Waals surface area contributed by atoms with Gasteiger partial charge in [-0.15, -0.1) is 0 Å². The molecule has 0 heterocycles. The van der Waals surface area contributed by atoms with Crippen LogP contribution in [0.5, 0.6) is 17.2 Å². The zero-order valence-corrected chi connectivity index (χ0v) is 47.8. The van der Waals surface area contributed by atoms with Crippen LogP contribution in [0.1, 0.15) is 225 Å². The van der Waals surface area contributed by atoms with Crippen molar-refractivity contribution >= 4 is 0 Å². The van der Waals surface area contributed by atoms with Crippen molar-refractivity contribution in [3.05, 3.63) is 196 Å². The van der Waals surface area contributed by atoms with Gasteiger partial charge in [0, 0.05) is 0 Å². The maximum Gasteiger partial charge on any atom is 0.119 e. The molecule has 0 amide bonds. The number of rotatable bonds is 18. The maximum atomic E-state index is 5.69. The van der Waals surface area contributed by atoms with Crippen LogP contribution in [0.25, 0.3) is 0 Å². The Morgan fingerprint density at radius 2 is 0.722 bits per heavy atom. The monoisotopic (exact) mass is 979 g/mol. The first-order valence-electron chi connectivity index (χ1n) is 27.1. The van der Waals surface area contributed by atoms with Crippen molar-refractivity contribution in [3.8, 4) is 17.2 Å². The number of para-hydroxylation sites is 1. The van der Waals surface area contributed by atoms with Crippen LogP contribution in [-0.4, -0.2) is 13.2 Å². The highest BCUT2D eigenvalue weighted by molar-refractivity contribution is 5.31. The van der Waals surface area contributed by atoms with Crippen molar-refractivity contribution < 1.29 is 14.2 Å². The van der Waals surface area contributed by atoms with Gasteiger partial charge < -0.3 is 14.2 Å². The van der Waals surface area contributed by atoms with Crippen LogP contribution >= 0.6 is 0 Å². The molecule has 0 fully saturated rings. The zero-order valence-electron chi connectivity index (χ0n) is 47.8. The summed E-state index contributed by atoms with van der Waals surface area (Å²) in [6.45, 7) is 40.0. The number of aryl methyl sites for hydroxylation is 1. The van der Waals surface area contributed by atoms with E-state index in [1.165, 1.54) is 63.8 Å². The van der Waals surface area contributed by atoms with E-state index in [-0.39, 0.29) is 12.8 Å². The predicted molar refractivity (Wildman–Crippen MR) is 318 cm³/mol. The van der Waals surface area contributed by atoms with Gasteiger partial charge in [0.1, 0.15) is 23.9 Å². The van der Waals surface area contributed by atoms with E-state index in [1.807, 2.05) is 30.3 Å². The number of hydrogen-bond donors (Lipinski definition) is 0. The molecule has 6 aromatic rings. The van der Waals surface area contributed by atoms with Crippen molar-refractivity contribution in [2.24, 2.45) is 5.92 Å². The summed E-state index contributed by atoms with van der Waals surface area (Å²) in [5.41, 5.74) is 11.3. The van der Waals surface area contributed by atoms with Crippen molar-refractivity contribution in [2.75, 3.05) is 13.2 Å². The molecular weight excluding hydrogens is 877 g/mol. The minimum atomic E-state index is 0. The van der Waals surface area contributed by atoms with Crippen LogP contribution in [0.2, 0.25) is 0 Å². The fraction of sp³-hybridized carbons (Fsp3) is 0.478. The molecule has 0 N–H and O–H groups in total. The molecule has 6 rings (SSSR count). The second-order valence-corrected chi connectivity index (χ2v) is 21.9. The molecule has 0 aliphatic heterocycles. The topological polar surface area (TPSA) is 27.7 Å². The lowest BCUT2D eigenvalue weighted by Crippen LogP contribution is -2.10. The summed E-state index contributed by atoms with van der Waals surface area (Å²) >= 11 is 0. The van der Waals surface area contributed by atoms with Crippen molar-refractivity contribution in [2.45, 2.75) is 199 Å². The normalized spacial score (nSPS) is 10.8. The number of hydrogen-bond acceptors (Lipinski definition) is 3. The van der Waals surface area contributed by atoms with Crippen LogP contribution in [-0.2, 0) is 18.4 Å². The fourth-order valence-corrected chi connectivity index (χ4v) is 7.05. The first kappa shape index (κ1) is 64.7. The average Bonchev–Trinajstić information content (AvgIpc) is 3.35. The molecule has 3 nitrogen and oxygen atoms in total. The van der Waals surface area contributed by atoms with Crippen molar-refractivity contribution in [1.82, 2.24) is 0 Å². The number of benzene rings is 6. The minimum absolute atomic E-state index is 0. The van der Waals surface area contributed by atoms with E-state index < -0.39 is 0 Å². The molecular formula is C69H102O3. The molecule has 0 radical (unpaired) electrons. The van der Waals surface area contributed by atoms with Crippen molar-refractivity contribution in [3.63, 3.8) is 0 Å². The quantitative estimate of drug-likeness (QED) is 0.0803. The van der Waals surface area contributed by atoms with Gasteiger partial charge in [-0.2, -0.15) is 0 Å². The third kappa shape index (κ3) is 27.5. The summed E-state index contributed by atoms with van der Waals surface area (Å²) in [7, 11) is 0. The highest BCUT2D eigenvalue weighted by atomic mass is 16.5. The van der Waals surface area contributed by atoms with Crippen LogP contribution in [0.15, 0.2) is 152 Å². The molecule has 0 bridgehead atoms. The largest absolute Gasteiger partial charge is 0.494 e. The summed E-state index contributed by atoms with van der Waals surface area (Å²) < 4.78 is 16.9. The maximum absolute atomic E-state index is 5.69. The molecule has 0 aliphatic carbocycles. The van der Waals surface area contributed by atoms with Gasteiger partial charge in [0.15, 0.2) is 0 Å². The van der Waals surface area contributed by atoms with E-state index in [9.17, 15) is 0 Å². The SMILES string of the molecule is C.CC(C)CCOc1ccc(C(C)C)cc1.CC(C)c1ccc(C(C)(C)C)cc1.CC(C)c1ccc(COc2ccccc2)cc1.CCCCOc1ccc(C(C)C)cc1.CCCc1ccc(C(C)C)cc1. The number of unbranched alkanes of at least 4 members (excludes halogenated alkanes) is 1. The fourth-order valence-electron chi connectivity index (χ4n) is 7.05. The van der Waals surface area contributed by atoms with Crippen LogP contribution in [0.3, 0.4) is 0 Å². The molecule has 0 aromatic heterocycles. The average molecular weight is 980 g/mol. The van der Waals surface area contributed by atoms with E-state index in [0.29, 0.717) is 42.1 Å². The third-order valence-corrected chi connectivity index (χ3v) is 12.2. The van der Waals surface area contributed by atoms with E-state index in [0.717, 1.165) is 43.3 Å². The lowest BCUT2D eigenvalue weighted by molar-refractivity contribution is 0.289. The van der Waals surface area contributed by atoms with Crippen LogP contribution in [0, 0.1) is 5.92 Å². The van der Waals surface area contributed by atoms with E-state index in [1.54, 1.807) is 0 Å². The third-order valence-electron chi connectivity index (χ3n) is 12.2. The standard InChI is InChI=1S/C16H18O.C14H22O.C13H20O.C13H20.C12H18.CH4/c1-13(2)15-10-8-14(9-11-15)12-17-16-6-4-3-5-7-16;1-11(2)9-10-15-14-7-5-13(6-8-14)12(3)4;1-4-5-10-14-13-8-6-12(7-9-13)11(2)3;1-10(2)11-6-8-12(9-7-11)13(3,4)5;1-4-5-11-6-8-12(9-7-11)10(2)3;/h3-11,13H,12H2,1-2H3;5-8,11-12H,9-10H2,1-4H3;6-9,11H,4-5,10H2,1-3H3;6-10H,1-5H3;6-10H,4-5H2,1-3H3;1H4. The Labute approximate surface area is 443 Å². The molecule has 6 aromatic carbocycles. The Balaban J connectivity index is 0.000000451. The summed E-state index contributed by atoms with van der Waals surface area (Å²) in [6.07, 6.45) is 5.88. The van der Waals surface area contributed by atoms with E-state index >= 15 is 0 Å². The van der Waals surface area contributed by atoms with Gasteiger partial charge in [-0.05, 0) is 141 Å². The molecule has 0 atom stereocenters. The summed E-state index contributed by atoms with van der Waals surface area (Å²) in [6, 6.07) is 53.3. The Morgan fingerprint density at radius 3 is 1.07 bits per heavy atom. The second kappa shape index (κ2) is 35.8. The first-order chi connectivity index (χ1) is 33.7. The molecule has 396 valence electrons. The van der Waals surface area contributed by atoms with E-state index in [4.69, 9.17) is 14.2 Å². The van der Waals surface area contributed by atoms with Gasteiger partial charge in [-0.3, -0.25) is 0 Å². The Hall–Kier alpha value is -5.28. The highest BCUT2D eigenvalue weighted by Crippen LogP contribution is 2.25. The smallest absolute Gasteiger partial charge is 0.119 e. The molecule has 0 unspecified atom stereocenters. The Morgan fingerprint density at radius 1 is 0.375 bits per heavy atom. The predicted octanol–water partition coefficient (Wildman–Crippen LogP) is 21.1. The lowest BCUT2D eigenvalue weighted by atomic mass is 9.86. The summed E-state index contributed by atoms with van der Waals surface area (Å²) in [4.78, 5) is 0. The highest BCUT2D eigenvalue weighted by Gasteiger charge is 2.13. The molecule has 0 saturated heterocycles. The van der Waals surface area contributed by atoms with Gasteiger partial charge in [-0.25, -0.2) is 0 Å². The Bertz CT molecular complexity index is 2190. The lowest BCUT2D eigenvalue weighted by Gasteiger charge is -2.19. The molecule has 0 aliphatic rings. The first-order valence-corrected chi connectivity index (χ1v) is 27.1. The van der Waals surface area contributed by atoms with E-state index in [2.05, 4.69) is 239 Å². The van der Waals surface area contributed by atoms with Gasteiger partial charge in [0.25, 0.3) is 0 Å². The van der Waals surface area contributed by atoms with Gasteiger partial charge >= 0.3 is 0 Å². The number of ether oxygens (including phenoxy) is 3. The summed E-state index contributed by atoms with van der Waals surface area (Å²) in [5, 5.41) is 0. The van der Waals surface area contributed by atoms with Crippen LogP contribution < -0.4 is 14.2 Å². The van der Waals surface area contributed by atoms with Gasteiger partial charge in [0.05, 0.1) is 13.2 Å².